The smallest absolute Gasteiger partial charge is 0.0671 e. The normalized spacial score (nSPS) is 13.4. The number of fused-ring (bicyclic) bond motifs is 5. The summed E-state index contributed by atoms with van der Waals surface area (Å²) in [7, 11) is 0. The Bertz CT molecular complexity index is 3060. The van der Waals surface area contributed by atoms with Gasteiger partial charge < -0.3 is 5.73 Å². The van der Waals surface area contributed by atoms with E-state index in [9.17, 15) is 0 Å². The van der Waals surface area contributed by atoms with Crippen molar-refractivity contribution in [2.45, 2.75) is 25.8 Å². The van der Waals surface area contributed by atoms with E-state index in [1.807, 2.05) is 18.2 Å². The molecule has 0 aliphatic heterocycles. The van der Waals surface area contributed by atoms with Crippen molar-refractivity contribution < 1.29 is 0 Å². The van der Waals surface area contributed by atoms with Crippen molar-refractivity contribution in [1.29, 1.82) is 0 Å². The van der Waals surface area contributed by atoms with Gasteiger partial charge in [-0.2, -0.15) is 0 Å². The average molecular weight is 757 g/mol. The van der Waals surface area contributed by atoms with Gasteiger partial charge in [0.25, 0.3) is 0 Å². The molecule has 0 amide bonds. The molecule has 2 N–H and O–H groups in total. The maximum absolute atomic E-state index is 7.07. The van der Waals surface area contributed by atoms with Crippen molar-refractivity contribution >= 4 is 33.0 Å². The highest BCUT2D eigenvalue weighted by Gasteiger charge is 2.37. The highest BCUT2D eigenvalue weighted by atomic mass is 14.7. The molecule has 282 valence electrons. The lowest BCUT2D eigenvalue weighted by atomic mass is 9.78. The largest absolute Gasteiger partial charge is 0.398 e. The van der Waals surface area contributed by atoms with E-state index >= 15 is 0 Å². The summed E-state index contributed by atoms with van der Waals surface area (Å²) in [6.45, 7) is 5.30. The summed E-state index contributed by atoms with van der Waals surface area (Å²) in [6.07, 6.45) is 2.04. The van der Waals surface area contributed by atoms with E-state index in [1.54, 1.807) is 0 Å². The van der Waals surface area contributed by atoms with Gasteiger partial charge in [0.1, 0.15) is 0 Å². The van der Waals surface area contributed by atoms with Crippen LogP contribution in [0.15, 0.2) is 211 Å². The minimum atomic E-state index is -0.124. The van der Waals surface area contributed by atoms with E-state index in [2.05, 4.69) is 202 Å². The quantitative estimate of drug-likeness (QED) is 0.154. The molecular weight excluding hydrogens is 713 g/mol. The zero-order valence-corrected chi connectivity index (χ0v) is 33.4. The lowest BCUT2D eigenvalue weighted by Gasteiger charge is -2.25. The fourth-order valence-corrected chi connectivity index (χ4v) is 9.11. The van der Waals surface area contributed by atoms with Crippen LogP contribution in [0.25, 0.3) is 71.7 Å². The lowest BCUT2D eigenvalue weighted by molar-refractivity contribution is 0.663. The van der Waals surface area contributed by atoms with Gasteiger partial charge in [0.05, 0.1) is 12.3 Å². The van der Waals surface area contributed by atoms with E-state index in [-0.39, 0.29) is 5.41 Å². The zero-order chi connectivity index (χ0) is 39.9. The lowest BCUT2D eigenvalue weighted by Crippen LogP contribution is -2.16. The summed E-state index contributed by atoms with van der Waals surface area (Å²) in [5.74, 6) is 0. The van der Waals surface area contributed by atoms with Gasteiger partial charge in [-0.15, -0.1) is 0 Å². The molecule has 0 fully saturated rings. The Kier molecular flexibility index (Phi) is 9.11. The van der Waals surface area contributed by atoms with Crippen LogP contribution in [0.5, 0.6) is 0 Å². The SMILES string of the molecule is CC1(C)c2cc3ccccc3cc2-c2cccc(-c3ccc(-c4ccc(/C(N)=C/C(=NCc5ccccc5)c5ccc(-c6ccccc6)cc5)c5ccccc45)cc3)c21. The molecule has 9 aromatic rings. The van der Waals surface area contributed by atoms with Crippen LogP contribution in [0.3, 0.4) is 0 Å². The average Bonchev–Trinajstić information content (AvgIpc) is 3.52. The molecular formula is C57H44N2. The molecule has 10 rings (SSSR count). The van der Waals surface area contributed by atoms with Gasteiger partial charge in [0, 0.05) is 16.7 Å². The van der Waals surface area contributed by atoms with Gasteiger partial charge in [-0.25, -0.2) is 0 Å². The monoisotopic (exact) mass is 756 g/mol. The van der Waals surface area contributed by atoms with Crippen LogP contribution in [-0.4, -0.2) is 5.71 Å². The van der Waals surface area contributed by atoms with Crippen LogP contribution in [0.1, 0.15) is 41.7 Å². The number of nitrogens with two attached hydrogens (primary N) is 1. The van der Waals surface area contributed by atoms with E-state index < -0.39 is 0 Å². The fraction of sp³-hybridized carbons (Fsp3) is 0.0702. The highest BCUT2D eigenvalue weighted by Crippen LogP contribution is 2.53. The second-order valence-corrected chi connectivity index (χ2v) is 16.1. The van der Waals surface area contributed by atoms with Crippen molar-refractivity contribution in [2.24, 2.45) is 10.7 Å². The fourth-order valence-electron chi connectivity index (χ4n) is 9.11. The van der Waals surface area contributed by atoms with Crippen LogP contribution in [0, 0.1) is 0 Å². The van der Waals surface area contributed by atoms with E-state index in [1.165, 1.54) is 66.4 Å². The molecule has 0 atom stereocenters. The summed E-state index contributed by atoms with van der Waals surface area (Å²) in [4.78, 5) is 5.13. The van der Waals surface area contributed by atoms with Crippen LogP contribution >= 0.6 is 0 Å². The van der Waals surface area contributed by atoms with Crippen LogP contribution in [-0.2, 0) is 12.0 Å². The van der Waals surface area contributed by atoms with Gasteiger partial charge in [0.15, 0.2) is 0 Å². The number of nitrogens with zero attached hydrogens (tertiary/aromatic N) is 1. The number of hydrogen-bond donors (Lipinski definition) is 1. The van der Waals surface area contributed by atoms with Crippen molar-refractivity contribution in [3.8, 4) is 44.5 Å². The van der Waals surface area contributed by atoms with Gasteiger partial charge in [-0.05, 0) is 107 Å². The molecule has 1 aliphatic carbocycles. The summed E-state index contributed by atoms with van der Waals surface area (Å²) in [6, 6.07) is 71.8. The minimum Gasteiger partial charge on any atom is -0.398 e. The van der Waals surface area contributed by atoms with Crippen molar-refractivity contribution in [3.05, 3.63) is 234 Å². The van der Waals surface area contributed by atoms with Crippen molar-refractivity contribution in [2.75, 3.05) is 0 Å². The number of aliphatic imine (C=N–C) groups is 1. The molecule has 2 nitrogen and oxygen atoms in total. The van der Waals surface area contributed by atoms with Crippen molar-refractivity contribution in [3.63, 3.8) is 0 Å². The molecule has 2 heteroatoms. The number of hydrogen-bond acceptors (Lipinski definition) is 2. The predicted molar refractivity (Wildman–Crippen MR) is 251 cm³/mol. The number of rotatable bonds is 8. The van der Waals surface area contributed by atoms with E-state index in [4.69, 9.17) is 10.7 Å². The first-order valence-electron chi connectivity index (χ1n) is 20.4. The molecule has 0 spiro atoms. The number of allylic oxidation sites excluding steroid dienone is 1. The molecule has 0 saturated heterocycles. The van der Waals surface area contributed by atoms with Crippen LogP contribution in [0.4, 0.5) is 0 Å². The Morgan fingerprint density at radius 3 is 1.80 bits per heavy atom. The molecule has 59 heavy (non-hydrogen) atoms. The Hall–Kier alpha value is -7.29. The first-order valence-corrected chi connectivity index (χ1v) is 20.4. The summed E-state index contributed by atoms with van der Waals surface area (Å²) >= 11 is 0. The molecule has 0 unspecified atom stereocenters. The maximum atomic E-state index is 7.07. The third-order valence-electron chi connectivity index (χ3n) is 12.1. The maximum Gasteiger partial charge on any atom is 0.0671 e. The van der Waals surface area contributed by atoms with Crippen LogP contribution < -0.4 is 5.73 Å². The minimum absolute atomic E-state index is 0.124. The molecule has 0 heterocycles. The molecule has 0 radical (unpaired) electrons. The molecule has 0 bridgehead atoms. The summed E-state index contributed by atoms with van der Waals surface area (Å²) in [5.41, 5.74) is 24.3. The van der Waals surface area contributed by atoms with E-state index in [0.29, 0.717) is 12.2 Å². The number of benzene rings is 9. The Balaban J connectivity index is 0.994. The van der Waals surface area contributed by atoms with E-state index in [0.717, 1.165) is 33.2 Å². The summed E-state index contributed by atoms with van der Waals surface area (Å²) in [5, 5.41) is 4.84. The molecule has 0 saturated carbocycles. The zero-order valence-electron chi connectivity index (χ0n) is 33.4. The molecule has 0 aromatic heterocycles. The van der Waals surface area contributed by atoms with Gasteiger partial charge >= 0.3 is 0 Å². The predicted octanol–water partition coefficient (Wildman–Crippen LogP) is 14.3. The highest BCUT2D eigenvalue weighted by molar-refractivity contribution is 6.14. The Morgan fingerprint density at radius 1 is 0.492 bits per heavy atom. The molecule has 9 aromatic carbocycles. The first kappa shape index (κ1) is 36.1. The van der Waals surface area contributed by atoms with Gasteiger partial charge in [-0.3, -0.25) is 4.99 Å². The Morgan fingerprint density at radius 2 is 1.07 bits per heavy atom. The third-order valence-corrected chi connectivity index (χ3v) is 12.1. The standard InChI is InChI=1S/C57H44N2/c1-57(2)53-35-45-19-10-9-18-44(45)34-52(53)51-23-13-22-47(56(51)57)42-28-26-41(27-29-42)46-32-33-50(49-21-12-11-20-48(46)49)54(58)36-55(59-37-38-14-5-3-6-15-38)43-30-24-40(25-31-43)39-16-7-4-8-17-39/h3-36H,37,58H2,1-2H3/b54-36-,59-55?. The second kappa shape index (κ2) is 14.9. The van der Waals surface area contributed by atoms with Crippen molar-refractivity contribution in [1.82, 2.24) is 0 Å². The Labute approximate surface area is 346 Å². The topological polar surface area (TPSA) is 38.4 Å². The second-order valence-electron chi connectivity index (χ2n) is 16.1. The van der Waals surface area contributed by atoms with Gasteiger partial charge in [-0.1, -0.05) is 202 Å². The molecule has 1 aliphatic rings. The first-order chi connectivity index (χ1) is 28.9. The van der Waals surface area contributed by atoms with Gasteiger partial charge in [0.2, 0.25) is 0 Å². The summed E-state index contributed by atoms with van der Waals surface area (Å²) < 4.78 is 0. The third kappa shape index (κ3) is 6.63. The van der Waals surface area contributed by atoms with Crippen LogP contribution in [0.2, 0.25) is 0 Å².